The first kappa shape index (κ1) is 14.4. The van der Waals surface area contributed by atoms with Crippen LogP contribution in [0.3, 0.4) is 0 Å². The van der Waals surface area contributed by atoms with Crippen LogP contribution >= 0.6 is 0 Å². The average Bonchev–Trinajstić information content (AvgIpc) is 2.26. The Morgan fingerprint density at radius 1 is 1.38 bits per heavy atom. The van der Waals surface area contributed by atoms with Gasteiger partial charge in [0.25, 0.3) is 0 Å². The van der Waals surface area contributed by atoms with Crippen LogP contribution in [0.4, 0.5) is 0 Å². The zero-order valence-corrected chi connectivity index (χ0v) is 9.82. The van der Waals surface area contributed by atoms with E-state index in [0.29, 0.717) is 6.42 Å². The molecule has 0 rings (SSSR count). The first-order valence-corrected chi connectivity index (χ1v) is 5.23. The molecule has 0 amide bonds. The highest BCUT2D eigenvalue weighted by Crippen LogP contribution is 2.12. The minimum atomic E-state index is -0.744. The molecule has 1 atom stereocenters. The molecule has 0 bridgehead atoms. The van der Waals surface area contributed by atoms with E-state index in [1.54, 1.807) is 0 Å². The first-order valence-electron chi connectivity index (χ1n) is 5.23. The molecule has 0 radical (unpaired) electrons. The fourth-order valence-electron chi connectivity index (χ4n) is 0.968. The maximum Gasteiger partial charge on any atom is 0.381 e. The van der Waals surface area contributed by atoms with Gasteiger partial charge in [-0.05, 0) is 13.3 Å². The maximum atomic E-state index is 11.4. The molecule has 0 aromatic heterocycles. The summed E-state index contributed by atoms with van der Waals surface area (Å²) < 4.78 is 0. The molecule has 4 heteroatoms. The lowest BCUT2D eigenvalue weighted by atomic mass is 10.0. The highest BCUT2D eigenvalue weighted by molar-refractivity contribution is 5.87. The normalized spacial score (nSPS) is 11.4. The van der Waals surface area contributed by atoms with Gasteiger partial charge in [-0.2, -0.15) is 0 Å². The predicted octanol–water partition coefficient (Wildman–Crippen LogP) is 2.56. The highest BCUT2D eigenvalue weighted by Gasteiger charge is 2.19. The first-order chi connectivity index (χ1) is 7.52. The van der Waals surface area contributed by atoms with Gasteiger partial charge in [-0.1, -0.05) is 32.4 Å². The molecule has 0 heterocycles. The fourth-order valence-corrected chi connectivity index (χ4v) is 0.968. The second-order valence-corrected chi connectivity index (χ2v) is 3.54. The molecule has 0 N–H and O–H groups in total. The lowest BCUT2D eigenvalue weighted by molar-refractivity contribution is -0.258. The maximum absolute atomic E-state index is 11.4. The van der Waals surface area contributed by atoms with Crippen LogP contribution in [0.2, 0.25) is 0 Å². The Labute approximate surface area is 95.9 Å². The van der Waals surface area contributed by atoms with Gasteiger partial charge in [-0.3, -0.25) is 0 Å². The molecule has 0 aliphatic carbocycles. The van der Waals surface area contributed by atoms with E-state index in [1.165, 1.54) is 13.0 Å². The quantitative estimate of drug-likeness (QED) is 0.302. The van der Waals surface area contributed by atoms with Gasteiger partial charge >= 0.3 is 11.9 Å². The molecule has 0 aromatic rings. The molecule has 0 aliphatic heterocycles. The zero-order valence-electron chi connectivity index (χ0n) is 9.82. The summed E-state index contributed by atoms with van der Waals surface area (Å²) in [6.45, 7) is 10.4. The number of carbonyl (C=O) groups is 2. The third-order valence-corrected chi connectivity index (χ3v) is 2.00. The molecular weight excluding hydrogens is 208 g/mol. The lowest BCUT2D eigenvalue weighted by Crippen LogP contribution is -2.18. The molecule has 0 aliphatic rings. The van der Waals surface area contributed by atoms with E-state index in [9.17, 15) is 9.59 Å². The minimum absolute atomic E-state index is 0.177. The van der Waals surface area contributed by atoms with Crippen molar-refractivity contribution >= 4 is 11.9 Å². The summed E-state index contributed by atoms with van der Waals surface area (Å²) in [6, 6.07) is 0. The minimum Gasteiger partial charge on any atom is -0.247 e. The van der Waals surface area contributed by atoms with E-state index >= 15 is 0 Å². The Morgan fingerprint density at radius 3 is 2.44 bits per heavy atom. The summed E-state index contributed by atoms with van der Waals surface area (Å²) in [7, 11) is 0. The molecule has 0 fully saturated rings. The van der Waals surface area contributed by atoms with Crippen LogP contribution in [0.5, 0.6) is 0 Å². The zero-order chi connectivity index (χ0) is 12.6. The predicted molar refractivity (Wildman–Crippen MR) is 60.2 cm³/mol. The van der Waals surface area contributed by atoms with Crippen molar-refractivity contribution in [1.29, 1.82) is 0 Å². The van der Waals surface area contributed by atoms with Gasteiger partial charge in [0.1, 0.15) is 0 Å². The van der Waals surface area contributed by atoms with Crippen molar-refractivity contribution < 1.29 is 19.4 Å². The van der Waals surface area contributed by atoms with Gasteiger partial charge in [0.15, 0.2) is 0 Å². The summed E-state index contributed by atoms with van der Waals surface area (Å²) in [5.74, 6) is -1.78. The van der Waals surface area contributed by atoms with Gasteiger partial charge in [-0.15, -0.1) is 6.58 Å². The third kappa shape index (κ3) is 5.34. The third-order valence-electron chi connectivity index (χ3n) is 2.00. The van der Waals surface area contributed by atoms with Crippen LogP contribution in [0.15, 0.2) is 24.8 Å². The Hall–Kier alpha value is -1.58. The monoisotopic (exact) mass is 226 g/mol. The number of hydrogen-bond acceptors (Lipinski definition) is 4. The lowest BCUT2D eigenvalue weighted by Gasteiger charge is -2.09. The van der Waals surface area contributed by atoms with Gasteiger partial charge in [0.05, 0.1) is 5.92 Å². The standard InChI is InChI=1S/C12H18O4/c1-5-7-8-10(6-2)12(14)16-15-11(13)9(3)4/h6,10H,2-3,5,7-8H2,1,4H3. The van der Waals surface area contributed by atoms with Gasteiger partial charge in [0.2, 0.25) is 0 Å². The van der Waals surface area contributed by atoms with Crippen molar-refractivity contribution in [3.05, 3.63) is 24.8 Å². The van der Waals surface area contributed by atoms with Crippen LogP contribution in [-0.4, -0.2) is 11.9 Å². The van der Waals surface area contributed by atoms with Gasteiger partial charge in [0, 0.05) is 5.57 Å². The topological polar surface area (TPSA) is 52.6 Å². The summed E-state index contributed by atoms with van der Waals surface area (Å²) in [5.41, 5.74) is 0.177. The van der Waals surface area contributed by atoms with Crippen molar-refractivity contribution in [3.8, 4) is 0 Å². The Balaban J connectivity index is 4.06. The number of hydrogen-bond donors (Lipinski definition) is 0. The molecule has 90 valence electrons. The molecule has 0 aromatic carbocycles. The second-order valence-electron chi connectivity index (χ2n) is 3.54. The molecular formula is C12H18O4. The fraction of sp³-hybridized carbons (Fsp3) is 0.500. The molecule has 0 spiro atoms. The van der Waals surface area contributed by atoms with E-state index in [-0.39, 0.29) is 5.57 Å². The van der Waals surface area contributed by atoms with Crippen molar-refractivity contribution in [3.63, 3.8) is 0 Å². The van der Waals surface area contributed by atoms with Crippen molar-refractivity contribution in [1.82, 2.24) is 0 Å². The Bertz CT molecular complexity index is 281. The van der Waals surface area contributed by atoms with E-state index in [2.05, 4.69) is 22.9 Å². The molecule has 0 saturated heterocycles. The van der Waals surface area contributed by atoms with Crippen LogP contribution < -0.4 is 0 Å². The summed E-state index contributed by atoms with van der Waals surface area (Å²) in [5, 5.41) is 0. The van der Waals surface area contributed by atoms with Crippen LogP contribution in [0.1, 0.15) is 33.1 Å². The molecule has 1 unspecified atom stereocenters. The number of unbranched alkanes of at least 4 members (excludes halogenated alkanes) is 1. The van der Waals surface area contributed by atoms with Gasteiger partial charge < -0.3 is 0 Å². The van der Waals surface area contributed by atoms with Crippen molar-refractivity contribution in [2.24, 2.45) is 5.92 Å². The highest BCUT2D eigenvalue weighted by atomic mass is 17.2. The summed E-state index contributed by atoms with van der Waals surface area (Å²) in [6.07, 6.45) is 4.00. The van der Waals surface area contributed by atoms with E-state index in [0.717, 1.165) is 12.8 Å². The second kappa shape index (κ2) is 7.68. The Kier molecular flexibility index (Phi) is 6.92. The van der Waals surface area contributed by atoms with E-state index in [4.69, 9.17) is 0 Å². The molecule has 0 saturated carbocycles. The molecule has 16 heavy (non-hydrogen) atoms. The van der Waals surface area contributed by atoms with Crippen LogP contribution in [-0.2, 0) is 19.4 Å². The van der Waals surface area contributed by atoms with E-state index in [1.807, 2.05) is 6.92 Å². The number of rotatable bonds is 6. The SMILES string of the molecule is C=CC(CCCC)C(=O)OOC(=O)C(=C)C. The average molecular weight is 226 g/mol. The van der Waals surface area contributed by atoms with Gasteiger partial charge in [-0.25, -0.2) is 19.4 Å². The van der Waals surface area contributed by atoms with Crippen molar-refractivity contribution in [2.75, 3.05) is 0 Å². The number of carbonyl (C=O) groups excluding carboxylic acids is 2. The molecule has 4 nitrogen and oxygen atoms in total. The van der Waals surface area contributed by atoms with E-state index < -0.39 is 17.9 Å². The Morgan fingerprint density at radius 2 is 2.00 bits per heavy atom. The van der Waals surface area contributed by atoms with Crippen LogP contribution in [0.25, 0.3) is 0 Å². The smallest absolute Gasteiger partial charge is 0.247 e. The summed E-state index contributed by atoms with van der Waals surface area (Å²) in [4.78, 5) is 31.0. The van der Waals surface area contributed by atoms with Crippen molar-refractivity contribution in [2.45, 2.75) is 33.1 Å². The largest absolute Gasteiger partial charge is 0.381 e. The van der Waals surface area contributed by atoms with Crippen LogP contribution in [0, 0.1) is 5.92 Å². The summed E-state index contributed by atoms with van der Waals surface area (Å²) >= 11 is 0.